The first-order valence-electron chi connectivity index (χ1n) is 10.2. The van der Waals surface area contributed by atoms with Crippen molar-refractivity contribution >= 4 is 11.6 Å². The van der Waals surface area contributed by atoms with Gasteiger partial charge in [0.1, 0.15) is 28.4 Å². The van der Waals surface area contributed by atoms with E-state index in [-0.39, 0.29) is 12.1 Å². The first kappa shape index (κ1) is 19.9. The molecule has 1 aromatic carbocycles. The normalized spacial score (nSPS) is 12.3. The zero-order chi connectivity index (χ0) is 22.4. The smallest absolute Gasteiger partial charge is 0.341 e. The lowest BCUT2D eigenvalue weighted by atomic mass is 9.94. The highest BCUT2D eigenvalue weighted by Gasteiger charge is 2.28. The van der Waals surface area contributed by atoms with Crippen LogP contribution in [0.25, 0.3) is 17.0 Å². The maximum Gasteiger partial charge on any atom is 0.341 e. The van der Waals surface area contributed by atoms with Crippen LogP contribution >= 0.6 is 0 Å². The zero-order valence-corrected chi connectivity index (χ0v) is 17.7. The molecule has 0 radical (unpaired) electrons. The number of pyridine rings is 2. The molecule has 8 nitrogen and oxygen atoms in total. The van der Waals surface area contributed by atoms with E-state index in [4.69, 9.17) is 14.5 Å². The summed E-state index contributed by atoms with van der Waals surface area (Å²) in [5.41, 5.74) is 3.87. The molecular weight excluding hydrogens is 410 g/mol. The number of hydrogen-bond acceptors (Lipinski definition) is 5. The minimum Gasteiger partial charge on any atom is -0.497 e. The monoisotopic (exact) mass is 431 g/mol. The quantitative estimate of drug-likeness (QED) is 0.522. The molecule has 0 aliphatic heterocycles. The topological polar surface area (TPSA) is 95.1 Å². The average Bonchev–Trinajstić information content (AvgIpc) is 3.19. The molecule has 0 amide bonds. The van der Waals surface area contributed by atoms with Crippen LogP contribution in [-0.4, -0.2) is 39.2 Å². The first-order valence-corrected chi connectivity index (χ1v) is 10.2. The molecule has 0 saturated carbocycles. The van der Waals surface area contributed by atoms with Crippen molar-refractivity contribution in [3.05, 3.63) is 81.4 Å². The first-order chi connectivity index (χ1) is 15.5. The third-order valence-corrected chi connectivity index (χ3v) is 5.91. The lowest BCUT2D eigenvalue weighted by molar-refractivity contribution is 0.0694. The third kappa shape index (κ3) is 3.03. The second-order valence-corrected chi connectivity index (χ2v) is 7.64. The Labute approximate surface area is 183 Å². The number of carboxylic acid groups (broad SMARTS) is 1. The van der Waals surface area contributed by atoms with Gasteiger partial charge in [0, 0.05) is 17.8 Å². The molecule has 4 aromatic rings. The van der Waals surface area contributed by atoms with Crippen LogP contribution in [0, 0.1) is 0 Å². The van der Waals surface area contributed by atoms with Crippen LogP contribution < -0.4 is 15.0 Å². The molecule has 1 aliphatic carbocycles. The highest BCUT2D eigenvalue weighted by molar-refractivity contribution is 5.88. The molecule has 3 aromatic heterocycles. The predicted molar refractivity (Wildman–Crippen MR) is 118 cm³/mol. The molecule has 1 aliphatic rings. The van der Waals surface area contributed by atoms with Crippen molar-refractivity contribution < 1.29 is 19.4 Å². The molecule has 0 atom stereocenters. The molecule has 0 fully saturated rings. The van der Waals surface area contributed by atoms with E-state index in [9.17, 15) is 14.7 Å². The van der Waals surface area contributed by atoms with Crippen molar-refractivity contribution in [3.8, 4) is 22.9 Å². The summed E-state index contributed by atoms with van der Waals surface area (Å²) in [5, 5.41) is 9.66. The van der Waals surface area contributed by atoms with E-state index in [1.54, 1.807) is 26.4 Å². The standard InChI is InChI=1S/C24H21N3O5/c1-31-16-8-6-15(19(12-16)32-2)13-27-22-14(11-17(23(27)28)24(29)30)7-9-18-21(22)25-20-5-3-4-10-26(18)20/h3-6,8,10-12H,7,9,13H2,1-2H3,(H,29,30). The van der Waals surface area contributed by atoms with E-state index >= 15 is 0 Å². The van der Waals surface area contributed by atoms with Gasteiger partial charge in [-0.25, -0.2) is 9.78 Å². The Kier molecular flexibility index (Phi) is 4.70. The number of nitrogens with zero attached hydrogens (tertiary/aromatic N) is 3. The highest BCUT2D eigenvalue weighted by atomic mass is 16.5. The van der Waals surface area contributed by atoms with Crippen molar-refractivity contribution in [2.24, 2.45) is 0 Å². The van der Waals surface area contributed by atoms with E-state index in [0.29, 0.717) is 35.7 Å². The number of benzene rings is 1. The van der Waals surface area contributed by atoms with Crippen molar-refractivity contribution in [3.63, 3.8) is 0 Å². The van der Waals surface area contributed by atoms with Crippen LogP contribution in [0.15, 0.2) is 53.5 Å². The molecule has 8 heteroatoms. The Morgan fingerprint density at radius 1 is 1.12 bits per heavy atom. The van der Waals surface area contributed by atoms with Gasteiger partial charge in [0.25, 0.3) is 5.56 Å². The van der Waals surface area contributed by atoms with Crippen molar-refractivity contribution in [1.29, 1.82) is 0 Å². The summed E-state index contributed by atoms with van der Waals surface area (Å²) < 4.78 is 14.3. The predicted octanol–water partition coefficient (Wildman–Crippen LogP) is 3.03. The lowest BCUT2D eigenvalue weighted by Gasteiger charge is -2.22. The Bertz CT molecular complexity index is 1430. The molecule has 3 heterocycles. The summed E-state index contributed by atoms with van der Waals surface area (Å²) in [7, 11) is 3.11. The van der Waals surface area contributed by atoms with Crippen LogP contribution in [0.1, 0.15) is 27.2 Å². The van der Waals surface area contributed by atoms with E-state index < -0.39 is 11.5 Å². The summed E-state index contributed by atoms with van der Waals surface area (Å²) in [4.78, 5) is 29.9. The highest BCUT2D eigenvalue weighted by Crippen LogP contribution is 2.34. The van der Waals surface area contributed by atoms with Gasteiger partial charge in [-0.2, -0.15) is 0 Å². The van der Waals surface area contributed by atoms with Gasteiger partial charge >= 0.3 is 5.97 Å². The Hall–Kier alpha value is -4.07. The second-order valence-electron chi connectivity index (χ2n) is 7.64. The molecule has 0 bridgehead atoms. The summed E-state index contributed by atoms with van der Waals surface area (Å²) >= 11 is 0. The van der Waals surface area contributed by atoms with E-state index in [1.807, 2.05) is 34.9 Å². The van der Waals surface area contributed by atoms with Gasteiger partial charge in [-0.15, -0.1) is 0 Å². The minimum atomic E-state index is -1.24. The van der Waals surface area contributed by atoms with Gasteiger partial charge < -0.3 is 23.5 Å². The Morgan fingerprint density at radius 2 is 1.97 bits per heavy atom. The number of aryl methyl sites for hydroxylation is 2. The molecule has 1 N–H and O–H groups in total. The fourth-order valence-electron chi connectivity index (χ4n) is 4.38. The Morgan fingerprint density at radius 3 is 2.72 bits per heavy atom. The summed E-state index contributed by atoms with van der Waals surface area (Å²) in [6.07, 6.45) is 3.27. The number of carbonyl (C=O) groups is 1. The van der Waals surface area contributed by atoms with Crippen LogP contribution in [0.3, 0.4) is 0 Å². The maximum atomic E-state index is 13.3. The summed E-state index contributed by atoms with van der Waals surface area (Å²) in [5.74, 6) is -0.0623. The molecular formula is C24H21N3O5. The lowest BCUT2D eigenvalue weighted by Crippen LogP contribution is -2.31. The number of imidazole rings is 1. The zero-order valence-electron chi connectivity index (χ0n) is 17.7. The molecule has 0 unspecified atom stereocenters. The van der Waals surface area contributed by atoms with Gasteiger partial charge in [-0.3, -0.25) is 4.79 Å². The van der Waals surface area contributed by atoms with Gasteiger partial charge in [0.05, 0.1) is 32.2 Å². The minimum absolute atomic E-state index is 0.142. The van der Waals surface area contributed by atoms with E-state index in [0.717, 1.165) is 22.5 Å². The maximum absolute atomic E-state index is 13.3. The number of hydrogen-bond donors (Lipinski definition) is 1. The molecule has 0 spiro atoms. The number of ether oxygens (including phenoxy) is 2. The number of carboxylic acids is 1. The number of methoxy groups -OCH3 is 2. The number of fused-ring (bicyclic) bond motifs is 5. The van der Waals surface area contributed by atoms with Crippen molar-refractivity contribution in [1.82, 2.24) is 14.0 Å². The van der Waals surface area contributed by atoms with Crippen LogP contribution in [0.2, 0.25) is 0 Å². The van der Waals surface area contributed by atoms with E-state index in [2.05, 4.69) is 0 Å². The van der Waals surface area contributed by atoms with Crippen molar-refractivity contribution in [2.75, 3.05) is 14.2 Å². The molecule has 162 valence electrons. The molecule has 5 rings (SSSR count). The van der Waals surface area contributed by atoms with Gasteiger partial charge in [0.15, 0.2) is 0 Å². The van der Waals surface area contributed by atoms with Crippen molar-refractivity contribution in [2.45, 2.75) is 19.4 Å². The van der Waals surface area contributed by atoms with Gasteiger partial charge in [0.2, 0.25) is 0 Å². The second kappa shape index (κ2) is 7.56. The van der Waals surface area contributed by atoms with Crippen LogP contribution in [0.4, 0.5) is 0 Å². The number of rotatable bonds is 5. The fourth-order valence-corrected chi connectivity index (χ4v) is 4.38. The average molecular weight is 431 g/mol. The number of aromatic nitrogens is 3. The largest absolute Gasteiger partial charge is 0.497 e. The van der Waals surface area contributed by atoms with Crippen LogP contribution in [0.5, 0.6) is 11.5 Å². The summed E-state index contributed by atoms with van der Waals surface area (Å²) in [6.45, 7) is 0.142. The summed E-state index contributed by atoms with van der Waals surface area (Å²) in [6, 6.07) is 12.6. The van der Waals surface area contributed by atoms with Gasteiger partial charge in [-0.1, -0.05) is 6.07 Å². The van der Waals surface area contributed by atoms with Gasteiger partial charge in [-0.05, 0) is 48.7 Å². The Balaban J connectivity index is 1.77. The molecule has 32 heavy (non-hydrogen) atoms. The van der Waals surface area contributed by atoms with E-state index in [1.165, 1.54) is 10.6 Å². The fraction of sp³-hybridized carbons (Fsp3) is 0.208. The third-order valence-electron chi connectivity index (χ3n) is 5.91. The number of aromatic carboxylic acids is 1. The molecule has 0 saturated heterocycles. The van der Waals surface area contributed by atoms with Crippen LogP contribution in [-0.2, 0) is 19.4 Å². The SMILES string of the molecule is COc1ccc(Cn2c3c(cc(C(=O)O)c2=O)CCc2c-3nc3ccccn23)c(OC)c1.